The molecule has 1 aliphatic rings. The van der Waals surface area contributed by atoms with E-state index in [9.17, 15) is 0 Å². The van der Waals surface area contributed by atoms with Crippen molar-refractivity contribution in [3.8, 4) is 22.7 Å². The molecule has 130 valence electrons. The van der Waals surface area contributed by atoms with E-state index < -0.39 is 0 Å². The first-order chi connectivity index (χ1) is 12.8. The first-order valence-corrected chi connectivity index (χ1v) is 9.14. The monoisotopic (exact) mass is 343 g/mol. The highest BCUT2D eigenvalue weighted by Crippen LogP contribution is 2.39. The molecular weight excluding hydrogens is 322 g/mol. The molecular formula is C22H21N3O. The Hall–Kier alpha value is -2.85. The molecule has 2 aromatic heterocycles. The third kappa shape index (κ3) is 2.37. The Morgan fingerprint density at radius 1 is 1.08 bits per heavy atom. The average molecular weight is 343 g/mol. The zero-order valence-corrected chi connectivity index (χ0v) is 14.8. The van der Waals surface area contributed by atoms with Crippen LogP contribution >= 0.6 is 0 Å². The van der Waals surface area contributed by atoms with E-state index in [2.05, 4.69) is 53.2 Å². The van der Waals surface area contributed by atoms with Gasteiger partial charge >= 0.3 is 0 Å². The van der Waals surface area contributed by atoms with Crippen molar-refractivity contribution in [2.24, 2.45) is 0 Å². The van der Waals surface area contributed by atoms with E-state index in [0.29, 0.717) is 6.04 Å². The Morgan fingerprint density at radius 3 is 2.65 bits per heavy atom. The van der Waals surface area contributed by atoms with Crippen molar-refractivity contribution < 1.29 is 4.42 Å². The predicted molar refractivity (Wildman–Crippen MR) is 104 cm³/mol. The summed E-state index contributed by atoms with van der Waals surface area (Å²) in [5, 5.41) is 4.63. The lowest BCUT2D eigenvalue weighted by molar-refractivity contribution is 0.538. The molecule has 0 bridgehead atoms. The molecule has 4 nitrogen and oxygen atoms in total. The number of nitrogens with one attached hydrogen (secondary N) is 1. The molecule has 1 saturated heterocycles. The minimum absolute atomic E-state index is 0.405. The van der Waals surface area contributed by atoms with Crippen molar-refractivity contribution in [1.29, 1.82) is 0 Å². The maximum absolute atomic E-state index is 6.32. The van der Waals surface area contributed by atoms with Crippen LogP contribution in [-0.4, -0.2) is 22.6 Å². The molecule has 4 aromatic rings. The fraction of sp³-hybridized carbons (Fsp3) is 0.227. The summed E-state index contributed by atoms with van der Waals surface area (Å²) < 4.78 is 8.62. The number of aromatic nitrogens is 2. The fourth-order valence-corrected chi connectivity index (χ4v) is 3.95. The fourth-order valence-electron chi connectivity index (χ4n) is 3.95. The number of rotatable bonds is 3. The predicted octanol–water partition coefficient (Wildman–Crippen LogP) is 4.81. The van der Waals surface area contributed by atoms with Crippen LogP contribution in [0.4, 0.5) is 0 Å². The summed E-state index contributed by atoms with van der Waals surface area (Å²) in [6.07, 6.45) is 3.08. The second-order valence-corrected chi connectivity index (χ2v) is 6.91. The van der Waals surface area contributed by atoms with E-state index in [1.807, 2.05) is 24.5 Å². The number of furan rings is 1. The van der Waals surface area contributed by atoms with Crippen molar-refractivity contribution in [3.63, 3.8) is 0 Å². The van der Waals surface area contributed by atoms with Crippen LogP contribution in [0, 0.1) is 6.92 Å². The summed E-state index contributed by atoms with van der Waals surface area (Å²) in [5.74, 6) is 0.925. The van der Waals surface area contributed by atoms with E-state index in [4.69, 9.17) is 9.40 Å². The van der Waals surface area contributed by atoms with Gasteiger partial charge in [-0.05, 0) is 26.0 Å². The quantitative estimate of drug-likeness (QED) is 0.581. The number of fused-ring (bicyclic) bond motifs is 1. The average Bonchev–Trinajstić information content (AvgIpc) is 3.41. The summed E-state index contributed by atoms with van der Waals surface area (Å²) >= 11 is 0. The van der Waals surface area contributed by atoms with Crippen LogP contribution in [0.25, 0.3) is 33.7 Å². The second kappa shape index (κ2) is 6.15. The number of para-hydroxylation sites is 1. The van der Waals surface area contributed by atoms with Crippen molar-refractivity contribution in [1.82, 2.24) is 14.9 Å². The number of hydrogen-bond acceptors (Lipinski definition) is 3. The molecule has 0 radical (unpaired) electrons. The van der Waals surface area contributed by atoms with E-state index in [1.165, 1.54) is 10.9 Å². The highest BCUT2D eigenvalue weighted by molar-refractivity contribution is 5.90. The van der Waals surface area contributed by atoms with E-state index in [0.717, 1.165) is 47.8 Å². The van der Waals surface area contributed by atoms with Gasteiger partial charge in [-0.2, -0.15) is 0 Å². The lowest BCUT2D eigenvalue weighted by atomic mass is 10.0. The maximum Gasteiger partial charge on any atom is 0.157 e. The third-order valence-electron chi connectivity index (χ3n) is 5.33. The molecule has 1 N–H and O–H groups in total. The highest BCUT2D eigenvalue weighted by Gasteiger charge is 2.26. The van der Waals surface area contributed by atoms with Gasteiger partial charge in [0.2, 0.25) is 0 Å². The Bertz CT molecular complexity index is 1060. The van der Waals surface area contributed by atoms with Crippen LogP contribution < -0.4 is 5.32 Å². The molecule has 0 amide bonds. The van der Waals surface area contributed by atoms with Gasteiger partial charge in [0.05, 0.1) is 12.0 Å². The molecule has 1 fully saturated rings. The molecule has 0 saturated carbocycles. The van der Waals surface area contributed by atoms with Crippen molar-refractivity contribution in [2.45, 2.75) is 19.4 Å². The van der Waals surface area contributed by atoms with Crippen LogP contribution in [0.3, 0.4) is 0 Å². The normalized spacial score (nSPS) is 17.2. The van der Waals surface area contributed by atoms with Crippen molar-refractivity contribution in [3.05, 3.63) is 66.5 Å². The van der Waals surface area contributed by atoms with Gasteiger partial charge in [0.1, 0.15) is 11.3 Å². The molecule has 1 unspecified atom stereocenters. The summed E-state index contributed by atoms with van der Waals surface area (Å²) in [6.45, 7) is 4.15. The van der Waals surface area contributed by atoms with Gasteiger partial charge in [-0.15, -0.1) is 0 Å². The molecule has 1 aliphatic heterocycles. The lowest BCUT2D eigenvalue weighted by Crippen LogP contribution is -2.13. The zero-order chi connectivity index (χ0) is 17.5. The van der Waals surface area contributed by atoms with Gasteiger partial charge in [0, 0.05) is 29.1 Å². The van der Waals surface area contributed by atoms with Gasteiger partial charge in [-0.1, -0.05) is 48.5 Å². The van der Waals surface area contributed by atoms with Crippen LogP contribution in [0.1, 0.15) is 18.0 Å². The van der Waals surface area contributed by atoms with Gasteiger partial charge in [0.25, 0.3) is 0 Å². The van der Waals surface area contributed by atoms with E-state index >= 15 is 0 Å². The highest BCUT2D eigenvalue weighted by atomic mass is 16.3. The molecule has 2 aromatic carbocycles. The second-order valence-electron chi connectivity index (χ2n) is 6.91. The number of hydrogen-bond donors (Lipinski definition) is 1. The Kier molecular flexibility index (Phi) is 3.64. The van der Waals surface area contributed by atoms with Gasteiger partial charge in [-0.3, -0.25) is 0 Å². The van der Waals surface area contributed by atoms with Gasteiger partial charge in [0.15, 0.2) is 5.76 Å². The lowest BCUT2D eigenvalue weighted by Gasteiger charge is -2.15. The molecule has 1 atom stereocenters. The van der Waals surface area contributed by atoms with Crippen LogP contribution in [-0.2, 0) is 0 Å². The minimum atomic E-state index is 0.405. The Balaban J connectivity index is 1.77. The van der Waals surface area contributed by atoms with Crippen LogP contribution in [0.5, 0.6) is 0 Å². The summed E-state index contributed by atoms with van der Waals surface area (Å²) in [6, 6.07) is 19.0. The summed E-state index contributed by atoms with van der Waals surface area (Å²) in [7, 11) is 0. The Labute approximate surface area is 152 Å². The molecule has 26 heavy (non-hydrogen) atoms. The first kappa shape index (κ1) is 15.4. The maximum atomic E-state index is 6.32. The zero-order valence-electron chi connectivity index (χ0n) is 14.8. The number of nitrogens with zero attached hydrogens (tertiary/aromatic N) is 2. The van der Waals surface area contributed by atoms with E-state index in [1.54, 1.807) is 0 Å². The van der Waals surface area contributed by atoms with Crippen molar-refractivity contribution in [2.75, 3.05) is 13.1 Å². The van der Waals surface area contributed by atoms with Crippen molar-refractivity contribution >= 4 is 11.0 Å². The van der Waals surface area contributed by atoms with E-state index in [-0.39, 0.29) is 0 Å². The molecule has 4 heteroatoms. The number of benzene rings is 2. The Morgan fingerprint density at radius 2 is 1.88 bits per heavy atom. The summed E-state index contributed by atoms with van der Waals surface area (Å²) in [5.41, 5.74) is 5.28. The number of imidazole rings is 1. The van der Waals surface area contributed by atoms with Crippen LogP contribution in [0.2, 0.25) is 0 Å². The minimum Gasteiger partial charge on any atom is -0.454 e. The SMILES string of the molecule is Cc1c(-c2c(-c3ccccc3)ncn2C2CCNC2)oc2ccccc12. The largest absolute Gasteiger partial charge is 0.454 e. The smallest absolute Gasteiger partial charge is 0.157 e. The molecule has 0 aliphatic carbocycles. The van der Waals surface area contributed by atoms with Gasteiger partial charge in [-0.25, -0.2) is 4.98 Å². The molecule has 5 rings (SSSR count). The standard InChI is InChI=1S/C22H21N3O/c1-15-18-9-5-6-10-19(18)26-22(15)21-20(16-7-3-2-4-8-16)24-14-25(21)17-11-12-23-13-17/h2-10,14,17,23H,11-13H2,1H3. The van der Waals surface area contributed by atoms with Crippen LogP contribution in [0.15, 0.2) is 65.3 Å². The van der Waals surface area contributed by atoms with Gasteiger partial charge < -0.3 is 14.3 Å². The topological polar surface area (TPSA) is 43.0 Å². The first-order valence-electron chi connectivity index (χ1n) is 9.14. The summed E-state index contributed by atoms with van der Waals surface area (Å²) in [4.78, 5) is 4.79. The molecule has 0 spiro atoms. The third-order valence-corrected chi connectivity index (χ3v) is 5.33. The molecule has 3 heterocycles. The number of aryl methyl sites for hydroxylation is 1.